The van der Waals surface area contributed by atoms with E-state index in [2.05, 4.69) is 9.72 Å². The fraction of sp³-hybridized carbons (Fsp3) is 0.286. The van der Waals surface area contributed by atoms with Crippen LogP contribution in [0.15, 0.2) is 6.07 Å². The van der Waals surface area contributed by atoms with Gasteiger partial charge in [-0.1, -0.05) is 0 Å². The van der Waals surface area contributed by atoms with Gasteiger partial charge in [0.15, 0.2) is 5.82 Å². The summed E-state index contributed by atoms with van der Waals surface area (Å²) in [5.74, 6) is -2.07. The molecule has 5 nitrogen and oxygen atoms in total. The van der Waals surface area contributed by atoms with Gasteiger partial charge in [0, 0.05) is 0 Å². The van der Waals surface area contributed by atoms with Crippen molar-refractivity contribution in [3.63, 3.8) is 0 Å². The van der Waals surface area contributed by atoms with E-state index in [1.54, 1.807) is 0 Å². The molecule has 15 heavy (non-hydrogen) atoms. The zero-order valence-electron chi connectivity index (χ0n) is 7.41. The van der Waals surface area contributed by atoms with Crippen LogP contribution < -0.4 is 4.74 Å². The van der Waals surface area contributed by atoms with Crippen molar-refractivity contribution in [2.45, 2.75) is 6.43 Å². The van der Waals surface area contributed by atoms with Crippen LogP contribution >= 0.6 is 0 Å². The minimum atomic E-state index is -3.15. The summed E-state index contributed by atoms with van der Waals surface area (Å²) in [4.78, 5) is 12.4. The van der Waals surface area contributed by atoms with Gasteiger partial charge in [-0.05, 0) is 0 Å². The number of hydrogen-bond donors (Lipinski definition) is 0. The normalized spacial score (nSPS) is 10.5. The van der Waals surface area contributed by atoms with Crippen molar-refractivity contribution in [1.29, 1.82) is 0 Å². The molecule has 1 aromatic rings. The van der Waals surface area contributed by atoms with Crippen LogP contribution in [0.2, 0.25) is 0 Å². The Balaban J connectivity index is 3.35. The zero-order valence-corrected chi connectivity index (χ0v) is 7.41. The van der Waals surface area contributed by atoms with Crippen LogP contribution in [0.5, 0.6) is 5.88 Å². The summed E-state index contributed by atoms with van der Waals surface area (Å²) in [5, 5.41) is 10.3. The molecule has 0 aromatic carbocycles. The molecule has 1 rings (SSSR count). The molecule has 0 unspecified atom stereocenters. The first kappa shape index (κ1) is 11.2. The summed E-state index contributed by atoms with van der Waals surface area (Å²) < 4.78 is 41.6. The van der Waals surface area contributed by atoms with Crippen LogP contribution in [0.25, 0.3) is 0 Å². The molecule has 1 heterocycles. The van der Waals surface area contributed by atoms with Gasteiger partial charge in [0.1, 0.15) is 5.69 Å². The van der Waals surface area contributed by atoms with Gasteiger partial charge >= 0.3 is 5.69 Å². The lowest BCUT2D eigenvalue weighted by Crippen LogP contribution is -2.02. The quantitative estimate of drug-likeness (QED) is 0.580. The van der Waals surface area contributed by atoms with Crippen molar-refractivity contribution in [2.75, 3.05) is 7.11 Å². The Labute approximate surface area is 81.6 Å². The van der Waals surface area contributed by atoms with Crippen molar-refractivity contribution >= 4 is 5.69 Å². The second kappa shape index (κ2) is 4.11. The van der Waals surface area contributed by atoms with E-state index in [4.69, 9.17) is 0 Å². The Hall–Kier alpha value is -1.86. The number of nitro groups is 1. The highest BCUT2D eigenvalue weighted by Crippen LogP contribution is 2.30. The highest BCUT2D eigenvalue weighted by atomic mass is 19.3. The molecule has 82 valence electrons. The van der Waals surface area contributed by atoms with Gasteiger partial charge in [-0.15, -0.1) is 0 Å². The lowest BCUT2D eigenvalue weighted by molar-refractivity contribution is -0.386. The Morgan fingerprint density at radius 3 is 2.60 bits per heavy atom. The van der Waals surface area contributed by atoms with Crippen LogP contribution in [0, 0.1) is 15.9 Å². The number of methoxy groups -OCH3 is 1. The number of hydrogen-bond acceptors (Lipinski definition) is 4. The fourth-order valence-corrected chi connectivity index (χ4v) is 0.910. The first-order valence-corrected chi connectivity index (χ1v) is 3.64. The summed E-state index contributed by atoms with van der Waals surface area (Å²) >= 11 is 0. The number of pyridine rings is 1. The van der Waals surface area contributed by atoms with E-state index >= 15 is 0 Å². The summed E-state index contributed by atoms with van der Waals surface area (Å²) in [6.45, 7) is 0. The number of nitrogens with zero attached hydrogens (tertiary/aromatic N) is 2. The van der Waals surface area contributed by atoms with Gasteiger partial charge in [0.05, 0.1) is 18.1 Å². The van der Waals surface area contributed by atoms with Crippen molar-refractivity contribution in [2.24, 2.45) is 0 Å². The highest BCUT2D eigenvalue weighted by Gasteiger charge is 2.25. The zero-order chi connectivity index (χ0) is 11.6. The smallest absolute Gasteiger partial charge is 0.333 e. The van der Waals surface area contributed by atoms with Crippen LogP contribution in [-0.4, -0.2) is 17.0 Å². The third-order valence-corrected chi connectivity index (χ3v) is 1.55. The maximum Gasteiger partial charge on any atom is 0.333 e. The summed E-state index contributed by atoms with van der Waals surface area (Å²) in [5.41, 5.74) is -1.96. The van der Waals surface area contributed by atoms with E-state index in [0.29, 0.717) is 6.07 Å². The summed E-state index contributed by atoms with van der Waals surface area (Å²) in [6.07, 6.45) is -3.15. The molecule has 0 bridgehead atoms. The second-order valence-corrected chi connectivity index (χ2v) is 2.44. The summed E-state index contributed by atoms with van der Waals surface area (Å²) in [7, 11) is 1.02. The minimum absolute atomic E-state index is 0.354. The molecule has 0 aliphatic rings. The number of ether oxygens (including phenoxy) is 1. The van der Waals surface area contributed by atoms with Crippen LogP contribution in [0.3, 0.4) is 0 Å². The first-order valence-electron chi connectivity index (χ1n) is 3.64. The number of rotatable bonds is 3. The van der Waals surface area contributed by atoms with Crippen molar-refractivity contribution in [3.05, 3.63) is 27.7 Å². The van der Waals surface area contributed by atoms with Crippen LogP contribution in [0.4, 0.5) is 18.9 Å². The highest BCUT2D eigenvalue weighted by molar-refractivity contribution is 5.42. The Morgan fingerprint density at radius 1 is 1.60 bits per heavy atom. The molecule has 0 saturated carbocycles. The molecule has 0 N–H and O–H groups in total. The monoisotopic (exact) mass is 222 g/mol. The average Bonchev–Trinajstić information content (AvgIpc) is 2.16. The van der Waals surface area contributed by atoms with Crippen molar-refractivity contribution in [3.8, 4) is 5.88 Å². The molecular formula is C7H5F3N2O3. The number of alkyl halides is 2. The fourth-order valence-electron chi connectivity index (χ4n) is 0.910. The van der Waals surface area contributed by atoms with Gasteiger partial charge in [-0.3, -0.25) is 10.1 Å². The third kappa shape index (κ3) is 2.14. The number of aromatic nitrogens is 1. The standard InChI is InChI=1S/C7H5F3N2O3/c1-15-7-4(12(13)14)2-3(8)5(11-7)6(9)10/h2,6H,1H3. The third-order valence-electron chi connectivity index (χ3n) is 1.55. The predicted molar refractivity (Wildman–Crippen MR) is 42.4 cm³/mol. The molecule has 0 spiro atoms. The maximum atomic E-state index is 12.9. The van der Waals surface area contributed by atoms with Gasteiger partial charge < -0.3 is 4.74 Å². The Bertz CT molecular complexity index is 397. The van der Waals surface area contributed by atoms with E-state index in [9.17, 15) is 23.3 Å². The van der Waals surface area contributed by atoms with E-state index < -0.39 is 34.4 Å². The van der Waals surface area contributed by atoms with Crippen LogP contribution in [0.1, 0.15) is 12.1 Å². The first-order chi connectivity index (χ1) is 6.97. The molecule has 0 fully saturated rings. The Morgan fingerprint density at radius 2 is 2.20 bits per heavy atom. The molecule has 0 radical (unpaired) electrons. The molecule has 8 heteroatoms. The number of halogens is 3. The van der Waals surface area contributed by atoms with E-state index in [1.165, 1.54) is 0 Å². The van der Waals surface area contributed by atoms with E-state index in [1.807, 2.05) is 0 Å². The van der Waals surface area contributed by atoms with E-state index in [0.717, 1.165) is 7.11 Å². The Kier molecular flexibility index (Phi) is 3.08. The topological polar surface area (TPSA) is 65.3 Å². The molecule has 0 amide bonds. The van der Waals surface area contributed by atoms with E-state index in [-0.39, 0.29) is 0 Å². The average molecular weight is 222 g/mol. The van der Waals surface area contributed by atoms with Gasteiger partial charge in [-0.25, -0.2) is 18.2 Å². The maximum absolute atomic E-state index is 12.9. The largest absolute Gasteiger partial charge is 0.476 e. The minimum Gasteiger partial charge on any atom is -0.476 e. The molecule has 0 aliphatic heterocycles. The second-order valence-electron chi connectivity index (χ2n) is 2.44. The van der Waals surface area contributed by atoms with Gasteiger partial charge in [0.2, 0.25) is 0 Å². The van der Waals surface area contributed by atoms with Crippen LogP contribution in [-0.2, 0) is 0 Å². The van der Waals surface area contributed by atoms with Gasteiger partial charge in [-0.2, -0.15) is 0 Å². The lowest BCUT2D eigenvalue weighted by atomic mass is 10.3. The van der Waals surface area contributed by atoms with Crippen molar-refractivity contribution in [1.82, 2.24) is 4.98 Å². The molecule has 0 aliphatic carbocycles. The van der Waals surface area contributed by atoms with Gasteiger partial charge in [0.25, 0.3) is 12.3 Å². The summed E-state index contributed by atoms with van der Waals surface area (Å²) in [6, 6.07) is 0.354. The molecule has 0 saturated heterocycles. The molecule has 1 aromatic heterocycles. The molecule has 0 atom stereocenters. The molecular weight excluding hydrogens is 217 g/mol. The predicted octanol–water partition coefficient (Wildman–Crippen LogP) is 2.08. The SMILES string of the molecule is COc1nc(C(F)F)c(F)cc1[N+](=O)[O-]. The lowest BCUT2D eigenvalue weighted by Gasteiger charge is -2.04. The van der Waals surface area contributed by atoms with Crippen molar-refractivity contribution < 1.29 is 22.8 Å².